The summed E-state index contributed by atoms with van der Waals surface area (Å²) in [5.74, 6) is 2.24. The number of alkyl halides is 3. The molecule has 5 nitrogen and oxygen atoms in total. The Labute approximate surface area is 238 Å². The Morgan fingerprint density at radius 3 is 2.23 bits per heavy atom. The molecule has 0 amide bonds. The molecule has 0 spiro atoms. The molecule has 1 heterocycles. The van der Waals surface area contributed by atoms with E-state index in [4.69, 9.17) is 9.47 Å². The molecule has 222 valence electrons. The number of rotatable bonds is 15. The highest BCUT2D eigenvalue weighted by Gasteiger charge is 2.31. The van der Waals surface area contributed by atoms with E-state index in [1.807, 2.05) is 25.2 Å². The first-order valence-electron chi connectivity index (χ1n) is 14.9. The van der Waals surface area contributed by atoms with Gasteiger partial charge in [-0.2, -0.15) is 13.2 Å². The summed E-state index contributed by atoms with van der Waals surface area (Å²) in [5.41, 5.74) is 0.810. The molecule has 0 atom stereocenters. The molecule has 3 rings (SSSR count). The van der Waals surface area contributed by atoms with Crippen molar-refractivity contribution in [2.75, 3.05) is 6.61 Å². The average Bonchev–Trinajstić information content (AvgIpc) is 2.93. The SMILES string of the molecule is CCCCCC1CCC(C(=O)Oc2ccc(-c3ncc(OCCCC[Si](C)(C)CCC(F)(F)F)cn3)cc2)CC1. The Hall–Kier alpha value is -2.42. The summed E-state index contributed by atoms with van der Waals surface area (Å²) in [6, 6.07) is 8.36. The number of hydrogen-bond acceptors (Lipinski definition) is 5. The van der Waals surface area contributed by atoms with E-state index in [2.05, 4.69) is 16.9 Å². The third-order valence-electron chi connectivity index (χ3n) is 7.96. The molecule has 1 aliphatic carbocycles. The summed E-state index contributed by atoms with van der Waals surface area (Å²) in [4.78, 5) is 21.4. The van der Waals surface area contributed by atoms with E-state index in [9.17, 15) is 18.0 Å². The van der Waals surface area contributed by atoms with Gasteiger partial charge in [0.2, 0.25) is 0 Å². The Bertz CT molecular complexity index is 1020. The first kappa shape index (κ1) is 32.1. The zero-order chi connectivity index (χ0) is 29.0. The second kappa shape index (κ2) is 15.5. The number of carbonyl (C=O) groups is 1. The minimum atomic E-state index is -4.07. The van der Waals surface area contributed by atoms with Crippen LogP contribution in [0.1, 0.15) is 77.6 Å². The van der Waals surface area contributed by atoms with Crippen LogP contribution in [0.25, 0.3) is 11.4 Å². The predicted molar refractivity (Wildman–Crippen MR) is 155 cm³/mol. The van der Waals surface area contributed by atoms with Gasteiger partial charge in [0.1, 0.15) is 5.75 Å². The van der Waals surface area contributed by atoms with Gasteiger partial charge in [0.15, 0.2) is 11.6 Å². The minimum absolute atomic E-state index is 0.0130. The van der Waals surface area contributed by atoms with Crippen LogP contribution in [-0.2, 0) is 4.79 Å². The molecule has 1 aromatic carbocycles. The van der Waals surface area contributed by atoms with Crippen molar-refractivity contribution in [1.29, 1.82) is 0 Å². The van der Waals surface area contributed by atoms with E-state index in [1.54, 1.807) is 24.5 Å². The average molecular weight is 579 g/mol. The van der Waals surface area contributed by atoms with Crippen LogP contribution < -0.4 is 9.47 Å². The van der Waals surface area contributed by atoms with Crippen molar-refractivity contribution in [3.8, 4) is 22.9 Å². The maximum absolute atomic E-state index is 12.7. The zero-order valence-electron chi connectivity index (χ0n) is 24.3. The van der Waals surface area contributed by atoms with E-state index < -0.39 is 20.7 Å². The lowest BCUT2D eigenvalue weighted by molar-refractivity contribution is -0.140. The Kier molecular flexibility index (Phi) is 12.5. The third kappa shape index (κ3) is 11.6. The topological polar surface area (TPSA) is 61.3 Å². The van der Waals surface area contributed by atoms with Crippen molar-refractivity contribution >= 4 is 14.0 Å². The van der Waals surface area contributed by atoms with Crippen LogP contribution in [0.2, 0.25) is 25.2 Å². The lowest BCUT2D eigenvalue weighted by atomic mass is 9.80. The molecule has 2 aromatic rings. The van der Waals surface area contributed by atoms with E-state index in [0.29, 0.717) is 23.9 Å². The van der Waals surface area contributed by atoms with Crippen molar-refractivity contribution in [2.45, 2.75) is 109 Å². The number of hydrogen-bond donors (Lipinski definition) is 0. The zero-order valence-corrected chi connectivity index (χ0v) is 25.3. The monoisotopic (exact) mass is 578 g/mol. The van der Waals surface area contributed by atoms with Crippen LogP contribution >= 0.6 is 0 Å². The number of unbranched alkanes of at least 4 members (excludes halogenated alkanes) is 3. The number of halogens is 3. The maximum atomic E-state index is 12.7. The van der Waals surface area contributed by atoms with E-state index in [-0.39, 0.29) is 17.9 Å². The number of ether oxygens (including phenoxy) is 2. The van der Waals surface area contributed by atoms with Crippen LogP contribution in [0.5, 0.6) is 11.5 Å². The van der Waals surface area contributed by atoms with Crippen molar-refractivity contribution in [3.05, 3.63) is 36.7 Å². The number of aromatic nitrogens is 2. The number of nitrogens with zero attached hydrogens (tertiary/aromatic N) is 2. The van der Waals surface area contributed by atoms with Crippen molar-refractivity contribution in [2.24, 2.45) is 11.8 Å². The molecule has 1 aliphatic rings. The fourth-order valence-electron chi connectivity index (χ4n) is 5.28. The lowest BCUT2D eigenvalue weighted by Gasteiger charge is -2.27. The van der Waals surface area contributed by atoms with Gasteiger partial charge in [-0.05, 0) is 68.3 Å². The predicted octanol–water partition coefficient (Wildman–Crippen LogP) is 9.26. The summed E-state index contributed by atoms with van der Waals surface area (Å²) in [6.07, 6.45) is 9.30. The van der Waals surface area contributed by atoms with Crippen molar-refractivity contribution in [3.63, 3.8) is 0 Å². The molecule has 0 unspecified atom stereocenters. The highest BCUT2D eigenvalue weighted by atomic mass is 28.3. The van der Waals surface area contributed by atoms with Gasteiger partial charge in [0.05, 0.1) is 24.9 Å². The van der Waals surface area contributed by atoms with E-state index in [1.165, 1.54) is 25.7 Å². The molecule has 1 saturated carbocycles. The quantitative estimate of drug-likeness (QED) is 0.0912. The summed E-state index contributed by atoms with van der Waals surface area (Å²) in [7, 11) is -1.85. The molecule has 1 fully saturated rings. The van der Waals surface area contributed by atoms with Crippen molar-refractivity contribution < 1.29 is 27.4 Å². The van der Waals surface area contributed by atoms with Gasteiger partial charge < -0.3 is 9.47 Å². The van der Waals surface area contributed by atoms with Gasteiger partial charge in [0, 0.05) is 20.1 Å². The standard InChI is InChI=1S/C31H45F3N2O3Si/c1-4-5-6-9-24-10-12-26(13-11-24)30(37)39-27-16-14-25(15-17-27)29-35-22-28(23-36-29)38-19-7-8-20-40(2,3)21-18-31(32,33)34/h14-17,22-24,26H,4-13,18-21H2,1-3H3. The van der Waals surface area contributed by atoms with Gasteiger partial charge in [-0.25, -0.2) is 9.97 Å². The van der Waals surface area contributed by atoms with Crippen LogP contribution in [0.4, 0.5) is 13.2 Å². The number of esters is 1. The molecule has 40 heavy (non-hydrogen) atoms. The van der Waals surface area contributed by atoms with Crippen molar-refractivity contribution in [1.82, 2.24) is 9.97 Å². The first-order chi connectivity index (χ1) is 19.0. The van der Waals surface area contributed by atoms with Crippen LogP contribution in [0, 0.1) is 11.8 Å². The molecule has 0 bridgehead atoms. The number of carbonyl (C=O) groups excluding carboxylic acids is 1. The first-order valence-corrected chi connectivity index (χ1v) is 18.3. The Balaban J connectivity index is 1.37. The second-order valence-corrected chi connectivity index (χ2v) is 17.3. The largest absolute Gasteiger partial charge is 0.490 e. The van der Waals surface area contributed by atoms with Gasteiger partial charge >= 0.3 is 12.1 Å². The van der Waals surface area contributed by atoms with Crippen LogP contribution in [0.15, 0.2) is 36.7 Å². The minimum Gasteiger partial charge on any atom is -0.490 e. The number of benzene rings is 1. The molecule has 0 radical (unpaired) electrons. The van der Waals surface area contributed by atoms with Gasteiger partial charge in [-0.15, -0.1) is 0 Å². The second-order valence-electron chi connectivity index (χ2n) is 12.0. The highest BCUT2D eigenvalue weighted by Crippen LogP contribution is 2.33. The molecule has 1 aromatic heterocycles. The van der Waals surface area contributed by atoms with Gasteiger partial charge in [-0.3, -0.25) is 4.79 Å². The maximum Gasteiger partial charge on any atom is 0.388 e. The van der Waals surface area contributed by atoms with Crippen LogP contribution in [-0.4, -0.2) is 36.8 Å². The Morgan fingerprint density at radius 2 is 1.60 bits per heavy atom. The summed E-state index contributed by atoms with van der Waals surface area (Å²) < 4.78 is 48.9. The van der Waals surface area contributed by atoms with E-state index >= 15 is 0 Å². The summed E-state index contributed by atoms with van der Waals surface area (Å²) >= 11 is 0. The molecule has 0 N–H and O–H groups in total. The third-order valence-corrected chi connectivity index (χ3v) is 11.3. The highest BCUT2D eigenvalue weighted by molar-refractivity contribution is 6.77. The fourth-order valence-corrected chi connectivity index (χ4v) is 7.70. The van der Waals surface area contributed by atoms with Crippen LogP contribution in [0.3, 0.4) is 0 Å². The molecule has 9 heteroatoms. The normalized spacial score (nSPS) is 17.9. The molecular weight excluding hydrogens is 533 g/mol. The van der Waals surface area contributed by atoms with Gasteiger partial charge in [-0.1, -0.05) is 58.2 Å². The van der Waals surface area contributed by atoms with Gasteiger partial charge in [0.25, 0.3) is 0 Å². The van der Waals surface area contributed by atoms with E-state index in [0.717, 1.165) is 56.1 Å². The fraction of sp³-hybridized carbons (Fsp3) is 0.645. The smallest absolute Gasteiger partial charge is 0.388 e. The lowest BCUT2D eigenvalue weighted by Crippen LogP contribution is -2.27. The summed E-state index contributed by atoms with van der Waals surface area (Å²) in [5, 5.41) is 0. The summed E-state index contributed by atoms with van der Waals surface area (Å²) in [6.45, 7) is 6.74. The Morgan fingerprint density at radius 1 is 0.925 bits per heavy atom. The molecule has 0 aliphatic heterocycles. The molecular formula is C31H45F3N2O3Si. The molecule has 0 saturated heterocycles.